The first-order valence-corrected chi connectivity index (χ1v) is 14.4. The number of amides is 2. The minimum Gasteiger partial charge on any atom is -0.354 e. The second kappa shape index (κ2) is 11.5. The van der Waals surface area contributed by atoms with Gasteiger partial charge in [0.1, 0.15) is 6.04 Å². The summed E-state index contributed by atoms with van der Waals surface area (Å²) in [6.45, 7) is 4.71. The number of anilines is 1. The van der Waals surface area contributed by atoms with E-state index < -0.39 is 16.1 Å². The van der Waals surface area contributed by atoms with E-state index in [0.717, 1.165) is 29.2 Å². The smallest absolute Gasteiger partial charge is 0.265 e. The Balaban J connectivity index is 1.48. The Bertz CT molecular complexity index is 1400. The summed E-state index contributed by atoms with van der Waals surface area (Å²) in [5, 5.41) is 5.04. The molecule has 7 nitrogen and oxygen atoms in total. The monoisotopic (exact) mass is 541 g/mol. The molecular weight excluding hydrogens is 510 g/mol. The van der Waals surface area contributed by atoms with E-state index in [1.165, 1.54) is 4.31 Å². The maximum atomic E-state index is 13.4. The van der Waals surface area contributed by atoms with Crippen molar-refractivity contribution in [2.75, 3.05) is 17.4 Å². The average molecular weight is 542 g/mol. The van der Waals surface area contributed by atoms with Gasteiger partial charge in [0.15, 0.2) is 0 Å². The molecule has 0 saturated heterocycles. The fourth-order valence-electron chi connectivity index (χ4n) is 4.67. The number of carbonyl (C=O) groups is 2. The molecule has 196 valence electrons. The van der Waals surface area contributed by atoms with Crippen LogP contribution in [0.5, 0.6) is 0 Å². The molecule has 0 unspecified atom stereocenters. The van der Waals surface area contributed by atoms with Gasteiger partial charge in [-0.25, -0.2) is 8.42 Å². The molecule has 0 spiro atoms. The van der Waals surface area contributed by atoms with Crippen LogP contribution in [-0.4, -0.2) is 44.3 Å². The first-order chi connectivity index (χ1) is 17.7. The molecule has 3 aromatic carbocycles. The molecule has 1 aliphatic heterocycles. The van der Waals surface area contributed by atoms with E-state index in [0.29, 0.717) is 28.6 Å². The maximum absolute atomic E-state index is 13.4. The van der Waals surface area contributed by atoms with E-state index in [2.05, 4.69) is 5.32 Å². The summed E-state index contributed by atoms with van der Waals surface area (Å²) >= 11 is 6.14. The van der Waals surface area contributed by atoms with Gasteiger partial charge in [0.05, 0.1) is 10.6 Å². The fraction of sp³-hybridized carbons (Fsp3) is 0.357. The standard InChI is InChI=1S/C28H32ClN3O4S/c1-3-4-16-30-28(34)20(2)31(19-21-9-5-12-23(29)18-21)26(33)15-8-17-32-24-13-6-10-22-11-7-14-25(27(22)24)37(32,35)36/h5-7,9-14,18,20H,3-4,8,15-17,19H2,1-2H3,(H,30,34)/t20-/m1/s1. The van der Waals surface area contributed by atoms with Gasteiger partial charge >= 0.3 is 0 Å². The zero-order valence-electron chi connectivity index (χ0n) is 21.1. The predicted octanol–water partition coefficient (Wildman–Crippen LogP) is 5.12. The van der Waals surface area contributed by atoms with Crippen LogP contribution in [0.15, 0.2) is 65.6 Å². The van der Waals surface area contributed by atoms with Gasteiger partial charge in [0.25, 0.3) is 10.0 Å². The maximum Gasteiger partial charge on any atom is 0.265 e. The highest BCUT2D eigenvalue weighted by Crippen LogP contribution is 2.42. The first kappa shape index (κ1) is 26.9. The summed E-state index contributed by atoms with van der Waals surface area (Å²) in [6, 6.07) is 17.3. The Morgan fingerprint density at radius 1 is 1.05 bits per heavy atom. The van der Waals surface area contributed by atoms with E-state index in [4.69, 9.17) is 11.6 Å². The average Bonchev–Trinajstić information content (AvgIpc) is 3.10. The van der Waals surface area contributed by atoms with E-state index in [1.54, 1.807) is 42.2 Å². The van der Waals surface area contributed by atoms with Crippen LogP contribution in [0.4, 0.5) is 5.69 Å². The number of benzene rings is 3. The Morgan fingerprint density at radius 2 is 1.78 bits per heavy atom. The third-order valence-electron chi connectivity index (χ3n) is 6.67. The van der Waals surface area contributed by atoms with Crippen molar-refractivity contribution >= 4 is 49.9 Å². The molecule has 0 bridgehead atoms. The molecule has 0 fully saturated rings. The molecule has 0 aromatic heterocycles. The number of hydrogen-bond donors (Lipinski definition) is 1. The minimum absolute atomic E-state index is 0.103. The van der Waals surface area contributed by atoms with E-state index >= 15 is 0 Å². The Kier molecular flexibility index (Phi) is 8.39. The van der Waals surface area contributed by atoms with Gasteiger partial charge in [0, 0.05) is 36.5 Å². The summed E-state index contributed by atoms with van der Waals surface area (Å²) < 4.78 is 27.9. The largest absolute Gasteiger partial charge is 0.354 e. The van der Waals surface area contributed by atoms with Crippen molar-refractivity contribution in [3.63, 3.8) is 0 Å². The SMILES string of the molecule is CCCCNC(=O)[C@@H](C)N(Cc1cccc(Cl)c1)C(=O)CCCN1c2cccc3cccc(c23)S1(=O)=O. The van der Waals surface area contributed by atoms with Gasteiger partial charge in [-0.15, -0.1) is 0 Å². The number of sulfonamides is 1. The van der Waals surface area contributed by atoms with Crippen molar-refractivity contribution in [1.82, 2.24) is 10.2 Å². The molecular formula is C28H32ClN3O4S. The van der Waals surface area contributed by atoms with Gasteiger partial charge in [-0.2, -0.15) is 0 Å². The lowest BCUT2D eigenvalue weighted by Gasteiger charge is -2.29. The predicted molar refractivity (Wildman–Crippen MR) is 147 cm³/mol. The summed E-state index contributed by atoms with van der Waals surface area (Å²) in [5.74, 6) is -0.432. The third-order valence-corrected chi connectivity index (χ3v) is 8.76. The first-order valence-electron chi connectivity index (χ1n) is 12.6. The van der Waals surface area contributed by atoms with Crippen molar-refractivity contribution in [3.8, 4) is 0 Å². The normalized spacial score (nSPS) is 14.5. The van der Waals surface area contributed by atoms with Crippen LogP contribution in [0.1, 0.15) is 45.1 Å². The van der Waals surface area contributed by atoms with Crippen LogP contribution < -0.4 is 9.62 Å². The van der Waals surface area contributed by atoms with Crippen LogP contribution in [-0.2, 0) is 26.2 Å². The van der Waals surface area contributed by atoms with Crippen molar-refractivity contribution in [3.05, 3.63) is 71.2 Å². The molecule has 4 rings (SSSR count). The molecule has 37 heavy (non-hydrogen) atoms. The Labute approximate surface area is 223 Å². The van der Waals surface area contributed by atoms with Crippen molar-refractivity contribution in [2.45, 2.75) is 57.0 Å². The Morgan fingerprint density at radius 3 is 2.51 bits per heavy atom. The van der Waals surface area contributed by atoms with Crippen molar-refractivity contribution in [2.24, 2.45) is 0 Å². The zero-order valence-corrected chi connectivity index (χ0v) is 22.7. The minimum atomic E-state index is -3.68. The molecule has 9 heteroatoms. The van der Waals surface area contributed by atoms with Crippen molar-refractivity contribution in [1.29, 1.82) is 0 Å². The fourth-order valence-corrected chi connectivity index (χ4v) is 6.63. The Hall–Kier alpha value is -3.10. The quantitative estimate of drug-likeness (QED) is 0.341. The summed E-state index contributed by atoms with van der Waals surface area (Å²) in [6.07, 6.45) is 2.24. The molecule has 0 saturated carbocycles. The molecule has 0 aliphatic carbocycles. The zero-order chi connectivity index (χ0) is 26.6. The summed E-state index contributed by atoms with van der Waals surface area (Å²) in [4.78, 5) is 28.0. The molecule has 0 radical (unpaired) electrons. The van der Waals surface area contributed by atoms with Crippen LogP contribution in [0.25, 0.3) is 10.8 Å². The highest BCUT2D eigenvalue weighted by molar-refractivity contribution is 7.93. The highest BCUT2D eigenvalue weighted by atomic mass is 35.5. The molecule has 1 N–H and O–H groups in total. The number of nitrogens with zero attached hydrogens (tertiary/aromatic N) is 2. The molecule has 1 heterocycles. The molecule has 1 atom stereocenters. The van der Waals surface area contributed by atoms with Crippen LogP contribution in [0.3, 0.4) is 0 Å². The summed E-state index contributed by atoms with van der Waals surface area (Å²) in [7, 11) is -3.68. The molecule has 2 amide bonds. The lowest BCUT2D eigenvalue weighted by molar-refractivity contribution is -0.140. The number of hydrogen-bond acceptors (Lipinski definition) is 4. The summed E-state index contributed by atoms with van der Waals surface area (Å²) in [5.41, 5.74) is 1.46. The number of halogens is 1. The topological polar surface area (TPSA) is 86.8 Å². The van der Waals surface area contributed by atoms with Crippen molar-refractivity contribution < 1.29 is 18.0 Å². The second-order valence-electron chi connectivity index (χ2n) is 9.28. The molecule has 3 aromatic rings. The number of rotatable bonds is 11. The van der Waals surface area contributed by atoms with E-state index in [9.17, 15) is 18.0 Å². The van der Waals surface area contributed by atoms with Crippen LogP contribution >= 0.6 is 11.6 Å². The van der Waals surface area contributed by atoms with Gasteiger partial charge in [-0.1, -0.05) is 61.3 Å². The van der Waals surface area contributed by atoms with Crippen LogP contribution in [0, 0.1) is 0 Å². The lowest BCUT2D eigenvalue weighted by atomic mass is 10.1. The third kappa shape index (κ3) is 5.75. The van der Waals surface area contributed by atoms with E-state index in [-0.39, 0.29) is 31.3 Å². The molecule has 1 aliphatic rings. The second-order valence-corrected chi connectivity index (χ2v) is 11.6. The van der Waals surface area contributed by atoms with Gasteiger partial charge < -0.3 is 10.2 Å². The van der Waals surface area contributed by atoms with Gasteiger partial charge in [0.2, 0.25) is 11.8 Å². The van der Waals surface area contributed by atoms with Gasteiger partial charge in [-0.05, 0) is 55.0 Å². The number of carbonyl (C=O) groups excluding carboxylic acids is 2. The van der Waals surface area contributed by atoms with Crippen LogP contribution in [0.2, 0.25) is 5.02 Å². The number of unbranched alkanes of at least 4 members (excludes halogenated alkanes) is 1. The number of nitrogens with one attached hydrogen (secondary N) is 1. The highest BCUT2D eigenvalue weighted by Gasteiger charge is 2.35. The lowest BCUT2D eigenvalue weighted by Crippen LogP contribution is -2.47. The van der Waals surface area contributed by atoms with Gasteiger partial charge in [-0.3, -0.25) is 13.9 Å². The van der Waals surface area contributed by atoms with E-state index in [1.807, 2.05) is 37.3 Å².